The number of furan rings is 1. The molecule has 20 heavy (non-hydrogen) atoms. The van der Waals surface area contributed by atoms with Gasteiger partial charge in [-0.2, -0.15) is 0 Å². The lowest BCUT2D eigenvalue weighted by Gasteiger charge is -2.32. The van der Waals surface area contributed by atoms with Gasteiger partial charge in [0.15, 0.2) is 0 Å². The maximum absolute atomic E-state index is 10.7. The fourth-order valence-electron chi connectivity index (χ4n) is 2.30. The van der Waals surface area contributed by atoms with E-state index in [4.69, 9.17) is 9.52 Å². The van der Waals surface area contributed by atoms with E-state index in [1.807, 2.05) is 0 Å². The van der Waals surface area contributed by atoms with Gasteiger partial charge < -0.3 is 24.6 Å². The first-order valence-electron chi connectivity index (χ1n) is 7.07. The number of nitrogens with one attached hydrogen (secondary N) is 1. The van der Waals surface area contributed by atoms with Crippen LogP contribution in [0, 0.1) is 0 Å². The number of piperazine rings is 1. The summed E-state index contributed by atoms with van der Waals surface area (Å²) in [4.78, 5) is 15.5. The maximum atomic E-state index is 10.7. The van der Waals surface area contributed by atoms with Crippen LogP contribution in [0.15, 0.2) is 16.7 Å². The zero-order valence-electron chi connectivity index (χ0n) is 12.0. The fourth-order valence-corrected chi connectivity index (χ4v) is 2.30. The van der Waals surface area contributed by atoms with Crippen molar-refractivity contribution < 1.29 is 14.3 Å². The van der Waals surface area contributed by atoms with Crippen molar-refractivity contribution in [2.75, 3.05) is 46.3 Å². The summed E-state index contributed by atoms with van der Waals surface area (Å²) in [5, 5.41) is 12.1. The Balaban J connectivity index is 1.56. The summed E-state index contributed by atoms with van der Waals surface area (Å²) in [5.74, 6) is -0.280. The molecule has 112 valence electrons. The number of rotatable bonds is 7. The molecule has 0 bridgehead atoms. The van der Waals surface area contributed by atoms with Gasteiger partial charge in [-0.15, -0.1) is 0 Å². The molecule has 0 spiro atoms. The lowest BCUT2D eigenvalue weighted by molar-refractivity contribution is 0.0696. The van der Waals surface area contributed by atoms with E-state index in [9.17, 15) is 4.79 Å². The van der Waals surface area contributed by atoms with E-state index in [0.717, 1.165) is 45.7 Å². The molecule has 1 fully saturated rings. The van der Waals surface area contributed by atoms with Gasteiger partial charge in [-0.05, 0) is 32.6 Å². The number of hydrogen-bond donors (Lipinski definition) is 2. The van der Waals surface area contributed by atoms with Crippen LogP contribution >= 0.6 is 0 Å². The Bertz CT molecular complexity index is 425. The molecule has 1 aromatic rings. The Morgan fingerprint density at radius 1 is 1.40 bits per heavy atom. The van der Waals surface area contributed by atoms with Crippen LogP contribution in [0.5, 0.6) is 0 Å². The molecule has 0 atom stereocenters. The van der Waals surface area contributed by atoms with Gasteiger partial charge in [-0.3, -0.25) is 0 Å². The number of carbonyl (C=O) groups is 1. The molecular formula is C14H23N3O3. The van der Waals surface area contributed by atoms with Crippen LogP contribution in [0.1, 0.15) is 22.5 Å². The monoisotopic (exact) mass is 281 g/mol. The van der Waals surface area contributed by atoms with Gasteiger partial charge in [0.1, 0.15) is 12.0 Å². The standard InChI is InChI=1S/C14H23N3O3/c1-16-5-7-17(8-6-16)4-2-3-15-10-13-9-12(11-20-13)14(18)19/h9,11,15H,2-8,10H2,1H3,(H,18,19). The summed E-state index contributed by atoms with van der Waals surface area (Å²) < 4.78 is 5.18. The molecule has 0 aliphatic carbocycles. The minimum Gasteiger partial charge on any atom is -0.478 e. The van der Waals surface area contributed by atoms with Crippen LogP contribution in [0.2, 0.25) is 0 Å². The van der Waals surface area contributed by atoms with Crippen molar-refractivity contribution >= 4 is 5.97 Å². The van der Waals surface area contributed by atoms with Crippen molar-refractivity contribution in [1.82, 2.24) is 15.1 Å². The predicted octanol–water partition coefficient (Wildman–Crippen LogP) is 0.705. The highest BCUT2D eigenvalue weighted by molar-refractivity contribution is 5.87. The van der Waals surface area contributed by atoms with E-state index in [-0.39, 0.29) is 5.56 Å². The minimum atomic E-state index is -0.949. The molecule has 0 amide bonds. The first kappa shape index (κ1) is 15.0. The lowest BCUT2D eigenvalue weighted by Crippen LogP contribution is -2.45. The van der Waals surface area contributed by atoms with Crippen molar-refractivity contribution in [3.05, 3.63) is 23.7 Å². The second kappa shape index (κ2) is 7.42. The summed E-state index contributed by atoms with van der Waals surface area (Å²) >= 11 is 0. The maximum Gasteiger partial charge on any atom is 0.338 e. The summed E-state index contributed by atoms with van der Waals surface area (Å²) in [5.41, 5.74) is 0.208. The first-order chi connectivity index (χ1) is 9.65. The molecule has 1 aromatic heterocycles. The van der Waals surface area contributed by atoms with Crippen LogP contribution in [-0.2, 0) is 6.54 Å². The Kier molecular flexibility index (Phi) is 5.58. The Hall–Kier alpha value is -1.37. The summed E-state index contributed by atoms with van der Waals surface area (Å²) in [6.07, 6.45) is 2.37. The SMILES string of the molecule is CN1CCN(CCCNCc2cc(C(=O)O)co2)CC1. The van der Waals surface area contributed by atoms with E-state index in [0.29, 0.717) is 12.3 Å². The quantitative estimate of drug-likeness (QED) is 0.717. The van der Waals surface area contributed by atoms with Crippen molar-refractivity contribution in [2.24, 2.45) is 0 Å². The van der Waals surface area contributed by atoms with Gasteiger partial charge in [-0.25, -0.2) is 4.79 Å². The second-order valence-corrected chi connectivity index (χ2v) is 5.28. The molecule has 6 heteroatoms. The average Bonchev–Trinajstić information content (AvgIpc) is 2.89. The molecule has 2 heterocycles. The first-order valence-corrected chi connectivity index (χ1v) is 7.07. The van der Waals surface area contributed by atoms with Gasteiger partial charge in [0.25, 0.3) is 0 Å². The minimum absolute atomic E-state index is 0.208. The van der Waals surface area contributed by atoms with E-state index >= 15 is 0 Å². The van der Waals surface area contributed by atoms with E-state index < -0.39 is 5.97 Å². The number of carboxylic acid groups (broad SMARTS) is 1. The smallest absolute Gasteiger partial charge is 0.338 e. The third kappa shape index (κ3) is 4.63. The molecule has 0 saturated carbocycles. The van der Waals surface area contributed by atoms with Crippen LogP contribution in [0.4, 0.5) is 0 Å². The highest BCUT2D eigenvalue weighted by atomic mass is 16.4. The number of hydrogen-bond acceptors (Lipinski definition) is 5. The zero-order chi connectivity index (χ0) is 14.4. The van der Waals surface area contributed by atoms with Crippen LogP contribution in [0.25, 0.3) is 0 Å². The third-order valence-corrected chi connectivity index (χ3v) is 3.62. The van der Waals surface area contributed by atoms with Crippen LogP contribution in [0.3, 0.4) is 0 Å². The average molecular weight is 281 g/mol. The normalized spacial score (nSPS) is 17.4. The fraction of sp³-hybridized carbons (Fsp3) is 0.643. The molecule has 6 nitrogen and oxygen atoms in total. The Labute approximate surface area is 119 Å². The van der Waals surface area contributed by atoms with Gasteiger partial charge in [0, 0.05) is 26.2 Å². The lowest BCUT2D eigenvalue weighted by atomic mass is 10.3. The van der Waals surface area contributed by atoms with Gasteiger partial charge in [0.05, 0.1) is 12.1 Å². The van der Waals surface area contributed by atoms with Crippen molar-refractivity contribution in [3.63, 3.8) is 0 Å². The Morgan fingerprint density at radius 3 is 2.80 bits per heavy atom. The van der Waals surface area contributed by atoms with Gasteiger partial charge in [-0.1, -0.05) is 0 Å². The second-order valence-electron chi connectivity index (χ2n) is 5.28. The molecule has 2 N–H and O–H groups in total. The topological polar surface area (TPSA) is 69.0 Å². The van der Waals surface area contributed by atoms with Crippen LogP contribution < -0.4 is 5.32 Å². The number of aromatic carboxylic acids is 1. The highest BCUT2D eigenvalue weighted by Gasteiger charge is 2.12. The number of nitrogens with zero attached hydrogens (tertiary/aromatic N) is 2. The predicted molar refractivity (Wildman–Crippen MR) is 75.9 cm³/mol. The molecule has 2 rings (SSSR count). The molecule has 0 aromatic carbocycles. The molecule has 1 aliphatic heterocycles. The summed E-state index contributed by atoms with van der Waals surface area (Å²) in [7, 11) is 2.16. The van der Waals surface area contributed by atoms with Crippen molar-refractivity contribution in [1.29, 1.82) is 0 Å². The molecule has 1 aliphatic rings. The van der Waals surface area contributed by atoms with Crippen molar-refractivity contribution in [3.8, 4) is 0 Å². The van der Waals surface area contributed by atoms with Crippen molar-refractivity contribution in [2.45, 2.75) is 13.0 Å². The van der Waals surface area contributed by atoms with E-state index in [1.165, 1.54) is 6.26 Å². The van der Waals surface area contributed by atoms with E-state index in [2.05, 4.69) is 22.2 Å². The number of likely N-dealkylation sites (N-methyl/N-ethyl adjacent to an activating group) is 1. The summed E-state index contributed by atoms with van der Waals surface area (Å²) in [6.45, 7) is 7.20. The number of carboxylic acids is 1. The van der Waals surface area contributed by atoms with Gasteiger partial charge in [0.2, 0.25) is 0 Å². The molecule has 1 saturated heterocycles. The van der Waals surface area contributed by atoms with E-state index in [1.54, 1.807) is 6.07 Å². The largest absolute Gasteiger partial charge is 0.478 e. The van der Waals surface area contributed by atoms with Gasteiger partial charge >= 0.3 is 5.97 Å². The molecular weight excluding hydrogens is 258 g/mol. The highest BCUT2D eigenvalue weighted by Crippen LogP contribution is 2.07. The molecule has 0 radical (unpaired) electrons. The Morgan fingerprint density at radius 2 is 2.15 bits per heavy atom. The molecule has 0 unspecified atom stereocenters. The summed E-state index contributed by atoms with van der Waals surface area (Å²) in [6, 6.07) is 1.57. The zero-order valence-corrected chi connectivity index (χ0v) is 12.0. The third-order valence-electron chi connectivity index (χ3n) is 3.62. The van der Waals surface area contributed by atoms with Crippen LogP contribution in [-0.4, -0.2) is 67.2 Å².